The number of para-hydroxylation sites is 4. The van der Waals surface area contributed by atoms with Crippen molar-refractivity contribution in [3.05, 3.63) is 218 Å². The van der Waals surface area contributed by atoms with Gasteiger partial charge < -0.3 is 9.80 Å². The largest absolute Gasteiger partial charge is 0.310 e. The summed E-state index contributed by atoms with van der Waals surface area (Å²) in [5, 5.41) is 4.96. The Morgan fingerprint density at radius 2 is 0.712 bits per heavy atom. The minimum absolute atomic E-state index is 1.07. The SMILES string of the molecule is c1ccc(-c2ccccc2N(c2ccccc2)c2cc(-c3cc4ccccc4c4ccccc34)cc(N(c3ccccc3)c3ccccc3)c2)cc1. The molecule has 246 valence electrons. The van der Waals surface area contributed by atoms with Gasteiger partial charge >= 0.3 is 0 Å². The molecule has 0 spiro atoms. The third-order valence-electron chi connectivity index (χ3n) is 9.77. The van der Waals surface area contributed by atoms with Crippen LogP contribution in [0.1, 0.15) is 0 Å². The second-order valence-electron chi connectivity index (χ2n) is 13.0. The van der Waals surface area contributed by atoms with Crippen molar-refractivity contribution < 1.29 is 0 Å². The second-order valence-corrected chi connectivity index (χ2v) is 13.0. The zero-order valence-electron chi connectivity index (χ0n) is 28.7. The quantitative estimate of drug-likeness (QED) is 0.149. The zero-order chi connectivity index (χ0) is 34.7. The summed E-state index contributed by atoms with van der Waals surface area (Å²) in [6, 6.07) is 78.4. The van der Waals surface area contributed by atoms with Gasteiger partial charge in [0.25, 0.3) is 0 Å². The molecule has 0 saturated carbocycles. The van der Waals surface area contributed by atoms with Crippen LogP contribution in [-0.2, 0) is 0 Å². The van der Waals surface area contributed by atoms with Crippen LogP contribution in [0.2, 0.25) is 0 Å². The third-order valence-corrected chi connectivity index (χ3v) is 9.77. The summed E-state index contributed by atoms with van der Waals surface area (Å²) >= 11 is 0. The minimum Gasteiger partial charge on any atom is -0.310 e. The molecule has 0 N–H and O–H groups in total. The van der Waals surface area contributed by atoms with Gasteiger partial charge in [-0.15, -0.1) is 0 Å². The molecule has 9 rings (SSSR count). The van der Waals surface area contributed by atoms with Gasteiger partial charge in [0.1, 0.15) is 0 Å². The van der Waals surface area contributed by atoms with E-state index in [2.05, 4.69) is 228 Å². The van der Waals surface area contributed by atoms with Crippen LogP contribution in [0.3, 0.4) is 0 Å². The molecule has 0 heterocycles. The Morgan fingerprint density at radius 1 is 0.250 bits per heavy atom. The first-order chi connectivity index (χ1) is 25.8. The van der Waals surface area contributed by atoms with Gasteiger partial charge in [0.2, 0.25) is 0 Å². The van der Waals surface area contributed by atoms with Crippen molar-refractivity contribution in [1.82, 2.24) is 0 Å². The maximum atomic E-state index is 2.41. The first-order valence-corrected chi connectivity index (χ1v) is 17.8. The molecule has 0 bridgehead atoms. The fraction of sp³-hybridized carbons (Fsp3) is 0. The molecule has 0 aliphatic carbocycles. The molecule has 9 aromatic carbocycles. The molecule has 52 heavy (non-hydrogen) atoms. The van der Waals surface area contributed by atoms with Gasteiger partial charge in [-0.1, -0.05) is 152 Å². The van der Waals surface area contributed by atoms with E-state index < -0.39 is 0 Å². The molecular formula is C50H36N2. The van der Waals surface area contributed by atoms with Gasteiger partial charge in [-0.3, -0.25) is 0 Å². The second kappa shape index (κ2) is 13.8. The Bertz CT molecular complexity index is 2580. The summed E-state index contributed by atoms with van der Waals surface area (Å²) < 4.78 is 0. The van der Waals surface area contributed by atoms with Crippen LogP contribution >= 0.6 is 0 Å². The molecule has 2 heteroatoms. The smallest absolute Gasteiger partial charge is 0.0540 e. The lowest BCUT2D eigenvalue weighted by Gasteiger charge is -2.31. The Labute approximate surface area is 305 Å². The lowest BCUT2D eigenvalue weighted by molar-refractivity contribution is 1.25. The maximum absolute atomic E-state index is 2.41. The highest BCUT2D eigenvalue weighted by Gasteiger charge is 2.22. The molecule has 9 aromatic rings. The number of hydrogen-bond donors (Lipinski definition) is 0. The van der Waals surface area contributed by atoms with Crippen LogP contribution in [0.25, 0.3) is 43.8 Å². The molecule has 0 radical (unpaired) electrons. The van der Waals surface area contributed by atoms with Crippen LogP contribution in [0, 0.1) is 0 Å². The average molecular weight is 665 g/mol. The van der Waals surface area contributed by atoms with E-state index in [-0.39, 0.29) is 0 Å². The Hall–Kier alpha value is -6.90. The molecule has 0 saturated heterocycles. The van der Waals surface area contributed by atoms with Gasteiger partial charge in [0.05, 0.1) is 5.69 Å². The molecule has 0 amide bonds. The number of fused-ring (bicyclic) bond motifs is 3. The number of nitrogens with zero attached hydrogens (tertiary/aromatic N) is 2. The normalized spacial score (nSPS) is 11.1. The predicted octanol–water partition coefficient (Wildman–Crippen LogP) is 14.3. The number of anilines is 6. The van der Waals surface area contributed by atoms with E-state index in [1.807, 2.05) is 0 Å². The summed E-state index contributed by atoms with van der Waals surface area (Å²) in [6.45, 7) is 0. The maximum Gasteiger partial charge on any atom is 0.0540 e. The van der Waals surface area contributed by atoms with Gasteiger partial charge in [0.15, 0.2) is 0 Å². The van der Waals surface area contributed by atoms with Crippen LogP contribution in [0.5, 0.6) is 0 Å². The van der Waals surface area contributed by atoms with Crippen LogP contribution in [-0.4, -0.2) is 0 Å². The highest BCUT2D eigenvalue weighted by Crippen LogP contribution is 2.46. The van der Waals surface area contributed by atoms with Gasteiger partial charge in [-0.05, 0) is 105 Å². The van der Waals surface area contributed by atoms with E-state index in [1.165, 1.54) is 32.7 Å². The third kappa shape index (κ3) is 5.87. The molecule has 0 unspecified atom stereocenters. The topological polar surface area (TPSA) is 6.48 Å². The highest BCUT2D eigenvalue weighted by atomic mass is 15.2. The molecule has 0 fully saturated rings. The Morgan fingerprint density at radius 3 is 1.35 bits per heavy atom. The molecular weight excluding hydrogens is 629 g/mol. The van der Waals surface area contributed by atoms with E-state index >= 15 is 0 Å². The number of rotatable bonds is 8. The Balaban J connectivity index is 1.37. The predicted molar refractivity (Wildman–Crippen MR) is 222 cm³/mol. The van der Waals surface area contributed by atoms with Crippen molar-refractivity contribution in [2.24, 2.45) is 0 Å². The van der Waals surface area contributed by atoms with Crippen molar-refractivity contribution in [3.63, 3.8) is 0 Å². The number of benzene rings is 9. The summed E-state index contributed by atoms with van der Waals surface area (Å²) in [6.07, 6.45) is 0. The first kappa shape index (κ1) is 31.1. The van der Waals surface area contributed by atoms with E-state index in [0.29, 0.717) is 0 Å². The van der Waals surface area contributed by atoms with E-state index in [1.54, 1.807) is 0 Å². The van der Waals surface area contributed by atoms with E-state index in [9.17, 15) is 0 Å². The highest BCUT2D eigenvalue weighted by molar-refractivity contribution is 6.14. The Kier molecular flexibility index (Phi) is 8.24. The van der Waals surface area contributed by atoms with Gasteiger partial charge in [0, 0.05) is 34.0 Å². The van der Waals surface area contributed by atoms with Crippen molar-refractivity contribution in [2.75, 3.05) is 9.80 Å². The fourth-order valence-corrected chi connectivity index (χ4v) is 7.44. The fourth-order valence-electron chi connectivity index (χ4n) is 7.44. The molecule has 0 aliphatic rings. The molecule has 0 aliphatic heterocycles. The van der Waals surface area contributed by atoms with Crippen molar-refractivity contribution in [1.29, 1.82) is 0 Å². The van der Waals surface area contributed by atoms with Gasteiger partial charge in [-0.2, -0.15) is 0 Å². The summed E-state index contributed by atoms with van der Waals surface area (Å²) in [5.74, 6) is 0. The molecule has 2 nitrogen and oxygen atoms in total. The van der Waals surface area contributed by atoms with Gasteiger partial charge in [-0.25, -0.2) is 0 Å². The molecule has 0 atom stereocenters. The van der Waals surface area contributed by atoms with Crippen molar-refractivity contribution in [2.45, 2.75) is 0 Å². The molecule has 0 aromatic heterocycles. The monoisotopic (exact) mass is 664 g/mol. The standard InChI is InChI=1S/C50H36N2/c1-5-19-37(20-6-1)46-29-17-18-32-50(46)52(42-26-11-4-12-27-42)44-34-39(49-35-38-21-13-14-28-45(38)47-30-15-16-31-48(47)49)33-43(36-44)51(40-22-7-2-8-23-40)41-24-9-3-10-25-41/h1-36H. The van der Waals surface area contributed by atoms with Crippen molar-refractivity contribution >= 4 is 55.7 Å². The average Bonchev–Trinajstić information content (AvgIpc) is 3.22. The number of hydrogen-bond acceptors (Lipinski definition) is 2. The lowest BCUT2D eigenvalue weighted by Crippen LogP contribution is -2.14. The van der Waals surface area contributed by atoms with Crippen LogP contribution < -0.4 is 9.80 Å². The summed E-state index contributed by atoms with van der Waals surface area (Å²) in [7, 11) is 0. The van der Waals surface area contributed by atoms with E-state index in [0.717, 1.165) is 45.3 Å². The van der Waals surface area contributed by atoms with Crippen LogP contribution in [0.15, 0.2) is 218 Å². The summed E-state index contributed by atoms with van der Waals surface area (Å²) in [4.78, 5) is 4.77. The summed E-state index contributed by atoms with van der Waals surface area (Å²) in [5.41, 5.74) is 11.2. The van der Waals surface area contributed by atoms with Crippen LogP contribution in [0.4, 0.5) is 34.1 Å². The lowest BCUT2D eigenvalue weighted by atomic mass is 9.92. The first-order valence-electron chi connectivity index (χ1n) is 17.8. The minimum atomic E-state index is 1.07. The van der Waals surface area contributed by atoms with E-state index in [4.69, 9.17) is 0 Å². The zero-order valence-corrected chi connectivity index (χ0v) is 28.7. The van der Waals surface area contributed by atoms with Crippen molar-refractivity contribution in [3.8, 4) is 22.3 Å².